The summed E-state index contributed by atoms with van der Waals surface area (Å²) in [5.41, 5.74) is 0.977. The van der Waals surface area contributed by atoms with Crippen LogP contribution in [0.4, 0.5) is 5.69 Å². The first-order valence-corrected chi connectivity index (χ1v) is 7.80. The van der Waals surface area contributed by atoms with Crippen LogP contribution in [0, 0.1) is 12.8 Å². The number of benzene rings is 1. The van der Waals surface area contributed by atoms with Crippen molar-refractivity contribution in [3.8, 4) is 5.75 Å². The maximum atomic E-state index is 12.5. The van der Waals surface area contributed by atoms with Gasteiger partial charge in [0.15, 0.2) is 5.60 Å². The van der Waals surface area contributed by atoms with Crippen molar-refractivity contribution < 1.29 is 14.6 Å². The summed E-state index contributed by atoms with van der Waals surface area (Å²) in [5.74, 6) is 0.406. The first-order valence-electron chi connectivity index (χ1n) is 7.80. The van der Waals surface area contributed by atoms with Crippen LogP contribution < -0.4 is 10.1 Å². The summed E-state index contributed by atoms with van der Waals surface area (Å²) < 4.78 is 5.31. The molecule has 4 nitrogen and oxygen atoms in total. The molecule has 0 radical (unpaired) electrons. The molecular formula is C17H23NO3. The molecule has 114 valence electrons. The van der Waals surface area contributed by atoms with Gasteiger partial charge in [-0.3, -0.25) is 4.79 Å². The van der Waals surface area contributed by atoms with Crippen LogP contribution in [0.2, 0.25) is 0 Å². The van der Waals surface area contributed by atoms with Gasteiger partial charge in [0.05, 0.1) is 12.8 Å². The first-order chi connectivity index (χ1) is 10.1. The number of rotatable bonds is 2. The molecule has 1 aromatic rings. The second-order valence-corrected chi connectivity index (χ2v) is 6.28. The van der Waals surface area contributed by atoms with E-state index in [0.717, 1.165) is 36.9 Å². The highest BCUT2D eigenvalue weighted by molar-refractivity contribution is 6.06. The van der Waals surface area contributed by atoms with Gasteiger partial charge in [-0.1, -0.05) is 25.7 Å². The third-order valence-corrected chi connectivity index (χ3v) is 4.99. The molecule has 1 unspecified atom stereocenters. The maximum Gasteiger partial charge on any atom is 0.261 e. The number of methoxy groups -OCH3 is 1. The molecule has 0 bridgehead atoms. The molecule has 1 atom stereocenters. The Morgan fingerprint density at radius 3 is 2.52 bits per heavy atom. The van der Waals surface area contributed by atoms with Crippen molar-refractivity contribution in [2.45, 2.75) is 51.0 Å². The SMILES string of the molecule is COc1cc(C)c2c(c1)C(O)(C1CCCCCC1)C(=O)N2. The third kappa shape index (κ3) is 2.22. The lowest BCUT2D eigenvalue weighted by atomic mass is 9.77. The zero-order valence-electron chi connectivity index (χ0n) is 12.7. The normalized spacial score (nSPS) is 26.1. The fraction of sp³-hybridized carbons (Fsp3) is 0.588. The largest absolute Gasteiger partial charge is 0.497 e. The number of fused-ring (bicyclic) bond motifs is 1. The fourth-order valence-electron chi connectivity index (χ4n) is 3.77. The first kappa shape index (κ1) is 14.4. The highest BCUT2D eigenvalue weighted by Crippen LogP contribution is 2.48. The Labute approximate surface area is 125 Å². The van der Waals surface area contributed by atoms with Gasteiger partial charge < -0.3 is 15.2 Å². The lowest BCUT2D eigenvalue weighted by Gasteiger charge is -2.30. The van der Waals surface area contributed by atoms with Gasteiger partial charge in [-0.25, -0.2) is 0 Å². The zero-order chi connectivity index (χ0) is 15.0. The second kappa shape index (κ2) is 5.34. The molecule has 1 heterocycles. The molecule has 4 heteroatoms. The van der Waals surface area contributed by atoms with E-state index in [4.69, 9.17) is 4.74 Å². The number of amides is 1. The monoisotopic (exact) mass is 289 g/mol. The van der Waals surface area contributed by atoms with Crippen LogP contribution in [0.3, 0.4) is 0 Å². The number of carbonyl (C=O) groups is 1. The molecule has 0 aromatic heterocycles. The standard InChI is InChI=1S/C17H23NO3/c1-11-9-13(21-2)10-14-15(11)18-16(19)17(14,20)12-7-5-3-4-6-8-12/h9-10,12,20H,3-8H2,1-2H3,(H,18,19). The molecule has 21 heavy (non-hydrogen) atoms. The van der Waals surface area contributed by atoms with E-state index < -0.39 is 5.60 Å². The Balaban J connectivity index is 2.07. The van der Waals surface area contributed by atoms with Gasteiger partial charge in [0, 0.05) is 11.5 Å². The number of carbonyl (C=O) groups excluding carboxylic acids is 1. The van der Waals surface area contributed by atoms with E-state index in [-0.39, 0.29) is 11.8 Å². The van der Waals surface area contributed by atoms with Gasteiger partial charge in [-0.2, -0.15) is 0 Å². The van der Waals surface area contributed by atoms with E-state index in [1.54, 1.807) is 7.11 Å². The third-order valence-electron chi connectivity index (χ3n) is 4.99. The lowest BCUT2D eigenvalue weighted by Crippen LogP contribution is -2.41. The number of anilines is 1. The number of hydrogen-bond donors (Lipinski definition) is 2. The molecule has 1 aliphatic carbocycles. The van der Waals surface area contributed by atoms with E-state index in [0.29, 0.717) is 11.3 Å². The van der Waals surface area contributed by atoms with E-state index >= 15 is 0 Å². The highest BCUT2D eigenvalue weighted by atomic mass is 16.5. The Morgan fingerprint density at radius 2 is 1.90 bits per heavy atom. The number of hydrogen-bond acceptors (Lipinski definition) is 3. The van der Waals surface area contributed by atoms with E-state index in [1.807, 2.05) is 19.1 Å². The molecule has 1 aliphatic heterocycles. The Hall–Kier alpha value is -1.55. The molecule has 1 saturated carbocycles. The predicted molar refractivity (Wildman–Crippen MR) is 81.4 cm³/mol. The number of aryl methyl sites for hydroxylation is 1. The molecule has 1 amide bonds. The average molecular weight is 289 g/mol. The minimum Gasteiger partial charge on any atom is -0.497 e. The van der Waals surface area contributed by atoms with Gasteiger partial charge >= 0.3 is 0 Å². The molecule has 0 spiro atoms. The molecule has 0 saturated heterocycles. The second-order valence-electron chi connectivity index (χ2n) is 6.28. The van der Waals surface area contributed by atoms with E-state index in [2.05, 4.69) is 5.32 Å². The van der Waals surface area contributed by atoms with Gasteiger partial charge in [0.25, 0.3) is 5.91 Å². The molecule has 2 aliphatic rings. The van der Waals surface area contributed by atoms with Crippen LogP contribution in [0.5, 0.6) is 5.75 Å². The topological polar surface area (TPSA) is 58.6 Å². The predicted octanol–water partition coefficient (Wildman–Crippen LogP) is 3.11. The van der Waals surface area contributed by atoms with E-state index in [1.165, 1.54) is 12.8 Å². The summed E-state index contributed by atoms with van der Waals surface area (Å²) in [6, 6.07) is 3.70. The highest BCUT2D eigenvalue weighted by Gasteiger charge is 2.51. The summed E-state index contributed by atoms with van der Waals surface area (Å²) in [6.45, 7) is 1.93. The van der Waals surface area contributed by atoms with Crippen LogP contribution >= 0.6 is 0 Å². The quantitative estimate of drug-likeness (QED) is 0.822. The van der Waals surface area contributed by atoms with Gasteiger partial charge in [0.1, 0.15) is 5.75 Å². The molecular weight excluding hydrogens is 266 g/mol. The minimum absolute atomic E-state index is 0.00671. The molecule has 2 N–H and O–H groups in total. The van der Waals surface area contributed by atoms with Crippen molar-refractivity contribution in [1.82, 2.24) is 0 Å². The average Bonchev–Trinajstić information content (AvgIpc) is 2.67. The smallest absolute Gasteiger partial charge is 0.261 e. The lowest BCUT2D eigenvalue weighted by molar-refractivity contribution is -0.140. The van der Waals surface area contributed by atoms with Crippen LogP contribution in [0.1, 0.15) is 49.7 Å². The Kier molecular flexibility index (Phi) is 3.66. The Bertz CT molecular complexity index is 561. The van der Waals surface area contributed by atoms with Crippen molar-refractivity contribution in [2.24, 2.45) is 5.92 Å². The summed E-state index contributed by atoms with van der Waals surface area (Å²) in [7, 11) is 1.61. The number of ether oxygens (including phenoxy) is 1. The van der Waals surface area contributed by atoms with Crippen molar-refractivity contribution >= 4 is 11.6 Å². The molecule has 3 rings (SSSR count). The van der Waals surface area contributed by atoms with Gasteiger partial charge in [-0.05, 0) is 37.5 Å². The molecule has 1 aromatic carbocycles. The van der Waals surface area contributed by atoms with Gasteiger partial charge in [-0.15, -0.1) is 0 Å². The summed E-state index contributed by atoms with van der Waals surface area (Å²) in [6.07, 6.45) is 6.35. The zero-order valence-corrected chi connectivity index (χ0v) is 12.7. The maximum absolute atomic E-state index is 12.5. The molecule has 1 fully saturated rings. The summed E-state index contributed by atoms with van der Waals surface area (Å²) >= 11 is 0. The van der Waals surface area contributed by atoms with E-state index in [9.17, 15) is 9.90 Å². The van der Waals surface area contributed by atoms with Crippen LogP contribution in [0.25, 0.3) is 0 Å². The minimum atomic E-state index is -1.40. The number of nitrogens with one attached hydrogen (secondary N) is 1. The van der Waals surface area contributed by atoms with Crippen molar-refractivity contribution in [2.75, 3.05) is 12.4 Å². The fourth-order valence-corrected chi connectivity index (χ4v) is 3.77. The number of aliphatic hydroxyl groups is 1. The van der Waals surface area contributed by atoms with Crippen LogP contribution in [0.15, 0.2) is 12.1 Å². The van der Waals surface area contributed by atoms with Crippen LogP contribution in [-0.4, -0.2) is 18.1 Å². The van der Waals surface area contributed by atoms with Gasteiger partial charge in [0.2, 0.25) is 0 Å². The van der Waals surface area contributed by atoms with Crippen molar-refractivity contribution in [1.29, 1.82) is 0 Å². The van der Waals surface area contributed by atoms with Crippen molar-refractivity contribution in [3.05, 3.63) is 23.3 Å². The Morgan fingerprint density at radius 1 is 1.24 bits per heavy atom. The summed E-state index contributed by atoms with van der Waals surface area (Å²) in [5, 5.41) is 14.1. The van der Waals surface area contributed by atoms with Crippen molar-refractivity contribution in [3.63, 3.8) is 0 Å². The van der Waals surface area contributed by atoms with Crippen LogP contribution in [-0.2, 0) is 10.4 Å². The summed E-state index contributed by atoms with van der Waals surface area (Å²) in [4.78, 5) is 12.5.